The fourth-order valence-electron chi connectivity index (χ4n) is 4.88. The van der Waals surface area contributed by atoms with E-state index in [1.165, 1.54) is 22.4 Å². The van der Waals surface area contributed by atoms with Crippen molar-refractivity contribution in [3.63, 3.8) is 0 Å². The molecule has 0 amide bonds. The van der Waals surface area contributed by atoms with Gasteiger partial charge in [-0.25, -0.2) is 10.9 Å². The summed E-state index contributed by atoms with van der Waals surface area (Å²) in [4.78, 5) is 2.46. The third-order valence-corrected chi connectivity index (χ3v) is 6.58. The zero-order valence-corrected chi connectivity index (χ0v) is 17.1. The number of benzene rings is 3. The van der Waals surface area contributed by atoms with Gasteiger partial charge in [-0.15, -0.1) is 0 Å². The summed E-state index contributed by atoms with van der Waals surface area (Å²) in [5.41, 5.74) is 12.1. The number of nitrogens with one attached hydrogen (secondary N) is 2. The molecule has 0 radical (unpaired) electrons. The second kappa shape index (κ2) is 7.20. The molecule has 3 aliphatic rings. The molecule has 1 fully saturated rings. The van der Waals surface area contributed by atoms with Gasteiger partial charge in [0, 0.05) is 35.8 Å². The average Bonchev–Trinajstić information content (AvgIpc) is 3.40. The Hall–Kier alpha value is -2.73. The number of hydrogen-bond acceptors (Lipinski definition) is 5. The van der Waals surface area contributed by atoms with Crippen LogP contribution in [0.2, 0.25) is 5.02 Å². The number of nitrogens with zero attached hydrogens (tertiary/aromatic N) is 1. The van der Waals surface area contributed by atoms with Crippen molar-refractivity contribution in [3.8, 4) is 11.5 Å². The van der Waals surface area contributed by atoms with Gasteiger partial charge >= 0.3 is 0 Å². The number of anilines is 1. The van der Waals surface area contributed by atoms with E-state index < -0.39 is 0 Å². The van der Waals surface area contributed by atoms with Crippen molar-refractivity contribution in [3.05, 3.63) is 88.4 Å². The fourth-order valence-corrected chi connectivity index (χ4v) is 5.01. The Morgan fingerprint density at radius 1 is 0.900 bits per heavy atom. The van der Waals surface area contributed by atoms with Gasteiger partial charge in [0.1, 0.15) is 0 Å². The molecule has 3 atom stereocenters. The maximum atomic E-state index is 6.12. The molecule has 3 unspecified atom stereocenters. The van der Waals surface area contributed by atoms with Gasteiger partial charge in [0.05, 0.1) is 12.1 Å². The first-order chi connectivity index (χ1) is 14.8. The van der Waals surface area contributed by atoms with Crippen LogP contribution in [0, 0.1) is 5.92 Å². The van der Waals surface area contributed by atoms with Gasteiger partial charge in [0.2, 0.25) is 6.79 Å². The quantitative estimate of drug-likeness (QED) is 0.649. The average molecular weight is 420 g/mol. The number of fused-ring (bicyclic) bond motifs is 4. The molecule has 6 heteroatoms. The second-order valence-corrected chi connectivity index (χ2v) is 8.53. The van der Waals surface area contributed by atoms with Crippen LogP contribution in [-0.4, -0.2) is 13.3 Å². The summed E-state index contributed by atoms with van der Waals surface area (Å²) in [6.07, 6.45) is 0. The Labute approximate surface area is 180 Å². The van der Waals surface area contributed by atoms with Crippen molar-refractivity contribution in [2.45, 2.75) is 18.6 Å². The molecule has 3 aromatic rings. The van der Waals surface area contributed by atoms with Crippen LogP contribution in [0.3, 0.4) is 0 Å². The highest BCUT2D eigenvalue weighted by molar-refractivity contribution is 6.30. The summed E-state index contributed by atoms with van der Waals surface area (Å²) in [6.45, 7) is 2.06. The number of hydrogen-bond donors (Lipinski definition) is 2. The van der Waals surface area contributed by atoms with Crippen molar-refractivity contribution >= 4 is 17.3 Å². The Balaban J connectivity index is 1.40. The molecule has 0 saturated carbocycles. The lowest BCUT2D eigenvalue weighted by Crippen LogP contribution is -2.39. The van der Waals surface area contributed by atoms with E-state index in [0.717, 1.165) is 29.6 Å². The molecule has 0 aromatic heterocycles. The molecule has 0 bridgehead atoms. The van der Waals surface area contributed by atoms with E-state index in [2.05, 4.69) is 70.3 Å². The summed E-state index contributed by atoms with van der Waals surface area (Å²) in [6, 6.07) is 23.4. The highest BCUT2D eigenvalue weighted by atomic mass is 35.5. The van der Waals surface area contributed by atoms with Crippen LogP contribution in [-0.2, 0) is 6.54 Å². The molecule has 152 valence electrons. The van der Waals surface area contributed by atoms with E-state index in [1.54, 1.807) is 0 Å². The SMILES string of the molecule is Clc1ccc(C2NNC3c4cc5c(cc4N(Cc4ccccc4)CC23)OCO5)cc1. The van der Waals surface area contributed by atoms with Crippen molar-refractivity contribution in [1.82, 2.24) is 10.9 Å². The van der Waals surface area contributed by atoms with Crippen molar-refractivity contribution in [1.29, 1.82) is 0 Å². The van der Waals surface area contributed by atoms with Crippen molar-refractivity contribution in [2.24, 2.45) is 5.92 Å². The van der Waals surface area contributed by atoms with Gasteiger partial charge in [-0.05, 0) is 34.9 Å². The standard InChI is InChI=1S/C24H22ClN3O2/c25-17-8-6-16(7-9-17)23-19-13-28(12-15-4-2-1-3-5-15)20-11-22-21(29-14-30-22)10-18(20)24(19)27-26-23/h1-11,19,23-24,26-27H,12-14H2. The first-order valence-electron chi connectivity index (χ1n) is 10.3. The van der Waals surface area contributed by atoms with Gasteiger partial charge in [0.15, 0.2) is 11.5 Å². The summed E-state index contributed by atoms with van der Waals surface area (Å²) in [5, 5.41) is 0.758. The van der Waals surface area contributed by atoms with Crippen LogP contribution in [0.25, 0.3) is 0 Å². The highest BCUT2D eigenvalue weighted by Crippen LogP contribution is 2.49. The summed E-state index contributed by atoms with van der Waals surface area (Å²) in [5.74, 6) is 2.01. The van der Waals surface area contributed by atoms with Crippen LogP contribution in [0.4, 0.5) is 5.69 Å². The first kappa shape index (κ1) is 18.1. The molecule has 3 aliphatic heterocycles. The van der Waals surface area contributed by atoms with Gasteiger partial charge in [-0.2, -0.15) is 0 Å². The van der Waals surface area contributed by atoms with Crippen LogP contribution >= 0.6 is 11.6 Å². The number of hydrazine groups is 1. The van der Waals surface area contributed by atoms with E-state index in [-0.39, 0.29) is 18.9 Å². The normalized spacial score (nSPS) is 23.9. The molecule has 6 rings (SSSR count). The summed E-state index contributed by atoms with van der Waals surface area (Å²) in [7, 11) is 0. The van der Waals surface area contributed by atoms with Gasteiger partial charge in [0.25, 0.3) is 0 Å². The molecule has 30 heavy (non-hydrogen) atoms. The summed E-state index contributed by atoms with van der Waals surface area (Å²) >= 11 is 6.12. The Kier molecular flexibility index (Phi) is 4.34. The maximum Gasteiger partial charge on any atom is 0.231 e. The van der Waals surface area contributed by atoms with E-state index in [1.807, 2.05) is 12.1 Å². The number of rotatable bonds is 3. The fraction of sp³-hybridized carbons (Fsp3) is 0.250. The first-order valence-corrected chi connectivity index (χ1v) is 10.6. The molecule has 2 N–H and O–H groups in total. The lowest BCUT2D eigenvalue weighted by atomic mass is 9.81. The predicted molar refractivity (Wildman–Crippen MR) is 117 cm³/mol. The number of halogens is 1. The smallest absolute Gasteiger partial charge is 0.231 e. The van der Waals surface area contributed by atoms with E-state index >= 15 is 0 Å². The van der Waals surface area contributed by atoms with Crippen molar-refractivity contribution in [2.75, 3.05) is 18.2 Å². The monoisotopic (exact) mass is 419 g/mol. The molecule has 3 heterocycles. The van der Waals surface area contributed by atoms with Crippen LogP contribution in [0.5, 0.6) is 11.5 Å². The number of ether oxygens (including phenoxy) is 2. The molecular weight excluding hydrogens is 398 g/mol. The lowest BCUT2D eigenvalue weighted by Gasteiger charge is -2.39. The van der Waals surface area contributed by atoms with Gasteiger partial charge in [-0.1, -0.05) is 54.1 Å². The second-order valence-electron chi connectivity index (χ2n) is 8.09. The third-order valence-electron chi connectivity index (χ3n) is 6.32. The third kappa shape index (κ3) is 3.01. The highest BCUT2D eigenvalue weighted by Gasteiger charge is 2.44. The van der Waals surface area contributed by atoms with Crippen molar-refractivity contribution < 1.29 is 9.47 Å². The van der Waals surface area contributed by atoms with Crippen LogP contribution < -0.4 is 25.2 Å². The van der Waals surface area contributed by atoms with E-state index in [0.29, 0.717) is 5.92 Å². The zero-order valence-electron chi connectivity index (χ0n) is 16.3. The summed E-state index contributed by atoms with van der Waals surface area (Å²) < 4.78 is 11.4. The van der Waals surface area contributed by atoms with Crippen LogP contribution in [0.1, 0.15) is 28.8 Å². The Bertz CT molecular complexity index is 1070. The van der Waals surface area contributed by atoms with E-state index in [4.69, 9.17) is 21.1 Å². The van der Waals surface area contributed by atoms with E-state index in [9.17, 15) is 0 Å². The topological polar surface area (TPSA) is 45.8 Å². The molecule has 1 saturated heterocycles. The Morgan fingerprint density at radius 3 is 2.43 bits per heavy atom. The predicted octanol–water partition coefficient (Wildman–Crippen LogP) is 4.60. The molecule has 0 spiro atoms. The lowest BCUT2D eigenvalue weighted by molar-refractivity contribution is 0.174. The molecule has 3 aromatic carbocycles. The minimum atomic E-state index is 0.196. The molecule has 5 nitrogen and oxygen atoms in total. The van der Waals surface area contributed by atoms with Crippen LogP contribution in [0.15, 0.2) is 66.7 Å². The minimum absolute atomic E-state index is 0.196. The van der Waals surface area contributed by atoms with Gasteiger partial charge in [-0.3, -0.25) is 0 Å². The maximum absolute atomic E-state index is 6.12. The largest absolute Gasteiger partial charge is 0.454 e. The van der Waals surface area contributed by atoms with Gasteiger partial charge < -0.3 is 14.4 Å². The molecular formula is C24H22ClN3O2. The molecule has 0 aliphatic carbocycles. The minimum Gasteiger partial charge on any atom is -0.454 e. The Morgan fingerprint density at radius 2 is 1.63 bits per heavy atom. The zero-order chi connectivity index (χ0) is 20.1.